The molecule has 0 atom stereocenters. The number of nitrogens with zero attached hydrogens (tertiary/aromatic N) is 3. The number of aromatic nitrogens is 2. The van der Waals surface area contributed by atoms with Crippen LogP contribution >= 0.6 is 11.6 Å². The number of ether oxygens (including phenoxy) is 2. The van der Waals surface area contributed by atoms with Gasteiger partial charge in [-0.15, -0.1) is 0 Å². The highest BCUT2D eigenvalue weighted by molar-refractivity contribution is 6.30. The minimum atomic E-state index is 0.701. The Labute approximate surface area is 170 Å². The highest BCUT2D eigenvalue weighted by Gasteiger charge is 2.16. The molecule has 6 heteroatoms. The zero-order valence-corrected chi connectivity index (χ0v) is 16.8. The van der Waals surface area contributed by atoms with Gasteiger partial charge in [-0.3, -0.25) is 4.90 Å². The van der Waals surface area contributed by atoms with Crippen molar-refractivity contribution in [2.45, 2.75) is 25.9 Å². The van der Waals surface area contributed by atoms with Gasteiger partial charge < -0.3 is 14.0 Å². The highest BCUT2D eigenvalue weighted by atomic mass is 35.5. The number of unbranched alkanes of at least 4 members (excludes halogenated alkanes) is 1. The van der Waals surface area contributed by atoms with Crippen LogP contribution in [0.5, 0.6) is 5.75 Å². The maximum Gasteiger partial charge on any atom is 0.124 e. The molecule has 1 fully saturated rings. The third-order valence-electron chi connectivity index (χ3n) is 5.06. The molecule has 1 aliphatic rings. The predicted molar refractivity (Wildman–Crippen MR) is 112 cm³/mol. The van der Waals surface area contributed by atoms with Crippen LogP contribution in [0.15, 0.2) is 48.5 Å². The van der Waals surface area contributed by atoms with E-state index in [1.165, 1.54) is 5.52 Å². The van der Waals surface area contributed by atoms with Gasteiger partial charge in [0.15, 0.2) is 0 Å². The second-order valence-electron chi connectivity index (χ2n) is 7.07. The molecule has 0 bridgehead atoms. The van der Waals surface area contributed by atoms with Gasteiger partial charge in [0.25, 0.3) is 0 Å². The number of morpholine rings is 1. The van der Waals surface area contributed by atoms with Crippen LogP contribution in [0.25, 0.3) is 11.0 Å². The summed E-state index contributed by atoms with van der Waals surface area (Å²) >= 11 is 5.91. The zero-order valence-electron chi connectivity index (χ0n) is 16.0. The topological polar surface area (TPSA) is 39.5 Å². The van der Waals surface area contributed by atoms with E-state index in [0.29, 0.717) is 6.61 Å². The molecule has 0 unspecified atom stereocenters. The van der Waals surface area contributed by atoms with E-state index in [1.807, 2.05) is 24.3 Å². The molecule has 2 aromatic carbocycles. The number of aryl methyl sites for hydroxylation is 1. The third kappa shape index (κ3) is 4.85. The molecule has 3 aromatic rings. The van der Waals surface area contributed by atoms with Crippen LogP contribution in [-0.2, 0) is 17.8 Å². The number of fused-ring (bicyclic) bond motifs is 1. The monoisotopic (exact) mass is 399 g/mol. The minimum absolute atomic E-state index is 0.701. The van der Waals surface area contributed by atoms with Crippen LogP contribution < -0.4 is 4.74 Å². The van der Waals surface area contributed by atoms with Crippen LogP contribution in [0.2, 0.25) is 5.02 Å². The van der Waals surface area contributed by atoms with E-state index in [-0.39, 0.29) is 0 Å². The van der Waals surface area contributed by atoms with E-state index >= 15 is 0 Å². The van der Waals surface area contributed by atoms with Gasteiger partial charge in [0.05, 0.1) is 37.4 Å². The summed E-state index contributed by atoms with van der Waals surface area (Å²) in [7, 11) is 0. The minimum Gasteiger partial charge on any atom is -0.494 e. The molecule has 1 aliphatic heterocycles. The van der Waals surface area contributed by atoms with E-state index in [2.05, 4.69) is 33.7 Å². The van der Waals surface area contributed by atoms with Gasteiger partial charge in [-0.1, -0.05) is 23.7 Å². The number of hydrogen-bond acceptors (Lipinski definition) is 4. The smallest absolute Gasteiger partial charge is 0.124 e. The first kappa shape index (κ1) is 19.2. The summed E-state index contributed by atoms with van der Waals surface area (Å²) in [5, 5.41) is 0.729. The first-order chi connectivity index (χ1) is 13.8. The number of rotatable bonds is 8. The van der Waals surface area contributed by atoms with Crippen LogP contribution in [0, 0.1) is 0 Å². The molecule has 4 rings (SSSR count). The molecule has 1 aromatic heterocycles. The van der Waals surface area contributed by atoms with Crippen LogP contribution in [0.1, 0.15) is 18.7 Å². The molecule has 1 saturated heterocycles. The van der Waals surface area contributed by atoms with Crippen molar-refractivity contribution in [3.63, 3.8) is 0 Å². The van der Waals surface area contributed by atoms with Gasteiger partial charge in [-0.05, 0) is 49.2 Å². The predicted octanol–water partition coefficient (Wildman–Crippen LogP) is 4.38. The molecule has 0 spiro atoms. The second-order valence-corrected chi connectivity index (χ2v) is 7.50. The Bertz CT molecular complexity index is 888. The zero-order chi connectivity index (χ0) is 19.2. The van der Waals surface area contributed by atoms with Crippen LogP contribution in [0.4, 0.5) is 0 Å². The van der Waals surface area contributed by atoms with Crippen molar-refractivity contribution in [3.8, 4) is 5.75 Å². The summed E-state index contributed by atoms with van der Waals surface area (Å²) in [5.74, 6) is 2.01. The SMILES string of the molecule is Clc1ccc(OCCCCn2c(CN3CCOCC3)nc3ccccc32)cc1. The Morgan fingerprint density at radius 3 is 2.61 bits per heavy atom. The molecule has 2 heterocycles. The maximum atomic E-state index is 5.91. The molecule has 0 saturated carbocycles. The number of imidazole rings is 1. The number of halogens is 1. The first-order valence-corrected chi connectivity index (χ1v) is 10.3. The number of benzene rings is 2. The molecule has 0 aliphatic carbocycles. The second kappa shape index (κ2) is 9.41. The summed E-state index contributed by atoms with van der Waals surface area (Å²) in [4.78, 5) is 7.32. The quantitative estimate of drug-likeness (QED) is 0.527. The first-order valence-electron chi connectivity index (χ1n) is 9.92. The normalized spacial score (nSPS) is 15.2. The standard InChI is InChI=1S/C22H26ClN3O2/c23-18-7-9-19(10-8-18)28-14-4-3-11-26-21-6-2-1-5-20(21)24-22(26)17-25-12-15-27-16-13-25/h1-2,5-10H,3-4,11-17H2. The average Bonchev–Trinajstić information content (AvgIpc) is 3.07. The van der Waals surface area contributed by atoms with E-state index in [9.17, 15) is 0 Å². The summed E-state index contributed by atoms with van der Waals surface area (Å²) in [6.07, 6.45) is 2.04. The lowest BCUT2D eigenvalue weighted by molar-refractivity contribution is 0.0326. The molecule has 0 amide bonds. The van der Waals surface area contributed by atoms with Crippen molar-refractivity contribution in [3.05, 3.63) is 59.4 Å². The third-order valence-corrected chi connectivity index (χ3v) is 5.31. The molecule has 148 valence electrons. The lowest BCUT2D eigenvalue weighted by atomic mass is 10.3. The van der Waals surface area contributed by atoms with Gasteiger partial charge in [-0.2, -0.15) is 0 Å². The van der Waals surface area contributed by atoms with Crippen molar-refractivity contribution in [1.82, 2.24) is 14.5 Å². The Morgan fingerprint density at radius 1 is 1.00 bits per heavy atom. The van der Waals surface area contributed by atoms with Gasteiger partial charge >= 0.3 is 0 Å². The lowest BCUT2D eigenvalue weighted by Crippen LogP contribution is -2.36. The Balaban J connectivity index is 1.36. The highest BCUT2D eigenvalue weighted by Crippen LogP contribution is 2.19. The van der Waals surface area contributed by atoms with Crippen molar-refractivity contribution in [2.24, 2.45) is 0 Å². The summed E-state index contributed by atoms with van der Waals surface area (Å²) < 4.78 is 13.7. The van der Waals surface area contributed by atoms with Gasteiger partial charge in [-0.25, -0.2) is 4.98 Å². The number of hydrogen-bond donors (Lipinski definition) is 0. The van der Waals surface area contributed by atoms with Gasteiger partial charge in [0, 0.05) is 24.7 Å². The average molecular weight is 400 g/mol. The molecule has 28 heavy (non-hydrogen) atoms. The fourth-order valence-corrected chi connectivity index (χ4v) is 3.67. The Hall–Kier alpha value is -2.08. The van der Waals surface area contributed by atoms with Crippen molar-refractivity contribution < 1.29 is 9.47 Å². The van der Waals surface area contributed by atoms with Crippen molar-refractivity contribution >= 4 is 22.6 Å². The van der Waals surface area contributed by atoms with E-state index in [4.69, 9.17) is 26.1 Å². The maximum absolute atomic E-state index is 5.91. The van der Waals surface area contributed by atoms with Gasteiger partial charge in [0.1, 0.15) is 11.6 Å². The van der Waals surface area contributed by atoms with Crippen LogP contribution in [-0.4, -0.2) is 47.4 Å². The summed E-state index contributed by atoms with van der Waals surface area (Å²) in [6.45, 7) is 6.08. The summed E-state index contributed by atoms with van der Waals surface area (Å²) in [6, 6.07) is 15.9. The van der Waals surface area contributed by atoms with Crippen molar-refractivity contribution in [1.29, 1.82) is 0 Å². The lowest BCUT2D eigenvalue weighted by Gasteiger charge is -2.26. The van der Waals surface area contributed by atoms with Gasteiger partial charge in [0.2, 0.25) is 0 Å². The number of para-hydroxylation sites is 2. The molecular formula is C22H26ClN3O2. The fraction of sp³-hybridized carbons (Fsp3) is 0.409. The van der Waals surface area contributed by atoms with E-state index < -0.39 is 0 Å². The Kier molecular flexibility index (Phi) is 6.47. The fourth-order valence-electron chi connectivity index (χ4n) is 3.55. The molecular weight excluding hydrogens is 374 g/mol. The van der Waals surface area contributed by atoms with Crippen LogP contribution in [0.3, 0.4) is 0 Å². The largest absolute Gasteiger partial charge is 0.494 e. The summed E-state index contributed by atoms with van der Waals surface area (Å²) in [5.41, 5.74) is 2.28. The van der Waals surface area contributed by atoms with Crippen molar-refractivity contribution in [2.75, 3.05) is 32.9 Å². The van der Waals surface area contributed by atoms with E-state index in [1.54, 1.807) is 0 Å². The molecule has 5 nitrogen and oxygen atoms in total. The molecule has 0 N–H and O–H groups in total. The molecule has 0 radical (unpaired) electrons. The Morgan fingerprint density at radius 2 is 1.79 bits per heavy atom. The van der Waals surface area contributed by atoms with E-state index in [0.717, 1.165) is 74.3 Å².